The summed E-state index contributed by atoms with van der Waals surface area (Å²) in [5, 5.41) is 11.0. The van der Waals surface area contributed by atoms with E-state index in [-0.39, 0.29) is 0 Å². The molecule has 124 valence electrons. The lowest BCUT2D eigenvalue weighted by Crippen LogP contribution is -2.41. The summed E-state index contributed by atoms with van der Waals surface area (Å²) in [5.41, 5.74) is 1.75. The van der Waals surface area contributed by atoms with Crippen molar-refractivity contribution in [2.75, 3.05) is 14.1 Å². The van der Waals surface area contributed by atoms with Gasteiger partial charge < -0.3 is 10.2 Å². The van der Waals surface area contributed by atoms with Crippen LogP contribution in [0.25, 0.3) is 5.57 Å². The largest absolute Gasteiger partial charge is 0.367 e. The molecule has 1 saturated carbocycles. The average molecular weight is 334 g/mol. The van der Waals surface area contributed by atoms with Crippen LogP contribution in [0.4, 0.5) is 0 Å². The topological polar surface area (TPSA) is 56.2 Å². The standard InChI is InChI=1S/C18H24ClN3O/c1-12(13-5-4-6-14(11-13)17(19)23)18(20)21-15-7-9-16(10-8-15)22(2)3/h4-6,11,15-16H,1,7-10H2,2-3H3,(H2,20,21)/t15-,16-. The molecule has 5 heteroatoms. The second kappa shape index (κ2) is 7.75. The van der Waals surface area contributed by atoms with Crippen molar-refractivity contribution in [1.29, 1.82) is 5.41 Å². The van der Waals surface area contributed by atoms with E-state index >= 15 is 0 Å². The van der Waals surface area contributed by atoms with Crippen LogP contribution in [0.5, 0.6) is 0 Å². The number of rotatable bonds is 5. The zero-order valence-corrected chi connectivity index (χ0v) is 14.5. The summed E-state index contributed by atoms with van der Waals surface area (Å²) in [6.07, 6.45) is 4.39. The molecule has 0 aliphatic heterocycles. The number of nitrogens with zero attached hydrogens (tertiary/aromatic N) is 1. The van der Waals surface area contributed by atoms with Gasteiger partial charge in [-0.05, 0) is 63.0 Å². The Hall–Kier alpha value is -1.65. The number of hydrogen-bond donors (Lipinski definition) is 2. The maximum Gasteiger partial charge on any atom is 0.252 e. The fraction of sp³-hybridized carbons (Fsp3) is 0.444. The minimum atomic E-state index is -0.499. The molecule has 1 aromatic rings. The number of carbonyl (C=O) groups is 1. The summed E-state index contributed by atoms with van der Waals surface area (Å²) in [4.78, 5) is 13.5. The number of nitrogens with one attached hydrogen (secondary N) is 2. The van der Waals surface area contributed by atoms with Crippen molar-refractivity contribution in [3.8, 4) is 0 Å². The first-order chi connectivity index (χ1) is 10.9. The van der Waals surface area contributed by atoms with E-state index < -0.39 is 5.24 Å². The highest BCUT2D eigenvalue weighted by Gasteiger charge is 2.23. The smallest absolute Gasteiger partial charge is 0.252 e. The Bertz CT molecular complexity index is 604. The SMILES string of the molecule is C=C(C(=N)N[C@H]1CC[C@H](N(C)C)CC1)c1cccc(C(=O)Cl)c1. The monoisotopic (exact) mass is 333 g/mol. The van der Waals surface area contributed by atoms with E-state index in [2.05, 4.69) is 30.9 Å². The van der Waals surface area contributed by atoms with Gasteiger partial charge in [-0.15, -0.1) is 0 Å². The third-order valence-corrected chi connectivity index (χ3v) is 4.73. The molecule has 0 aromatic heterocycles. The Labute approximate surface area is 143 Å². The summed E-state index contributed by atoms with van der Waals surface area (Å²) in [5.74, 6) is 0.317. The first-order valence-corrected chi connectivity index (χ1v) is 8.27. The third-order valence-electron chi connectivity index (χ3n) is 4.52. The number of benzene rings is 1. The van der Waals surface area contributed by atoms with Crippen LogP contribution in [0.3, 0.4) is 0 Å². The molecule has 1 aromatic carbocycles. The van der Waals surface area contributed by atoms with Gasteiger partial charge in [-0.25, -0.2) is 0 Å². The molecular formula is C18H24ClN3O. The molecular weight excluding hydrogens is 310 g/mol. The minimum Gasteiger partial charge on any atom is -0.367 e. The number of carbonyl (C=O) groups excluding carboxylic acids is 1. The van der Waals surface area contributed by atoms with Crippen molar-refractivity contribution in [3.05, 3.63) is 42.0 Å². The molecule has 0 bridgehead atoms. The summed E-state index contributed by atoms with van der Waals surface area (Å²) in [6.45, 7) is 3.98. The van der Waals surface area contributed by atoms with Crippen molar-refractivity contribution in [2.24, 2.45) is 0 Å². The Balaban J connectivity index is 1.95. The molecule has 4 nitrogen and oxygen atoms in total. The van der Waals surface area contributed by atoms with Gasteiger partial charge in [-0.3, -0.25) is 10.2 Å². The van der Waals surface area contributed by atoms with Gasteiger partial charge in [0.2, 0.25) is 0 Å². The van der Waals surface area contributed by atoms with E-state index in [0.717, 1.165) is 31.2 Å². The quantitative estimate of drug-likeness (QED) is 0.492. The van der Waals surface area contributed by atoms with Crippen molar-refractivity contribution in [1.82, 2.24) is 10.2 Å². The Morgan fingerprint density at radius 3 is 2.43 bits per heavy atom. The highest BCUT2D eigenvalue weighted by molar-refractivity contribution is 6.67. The van der Waals surface area contributed by atoms with Crippen LogP contribution in [0, 0.1) is 5.41 Å². The predicted molar refractivity (Wildman–Crippen MR) is 96.3 cm³/mol. The van der Waals surface area contributed by atoms with Gasteiger partial charge in [-0.1, -0.05) is 24.8 Å². The molecule has 0 heterocycles. The minimum absolute atomic E-state index is 0.313. The average Bonchev–Trinajstić information content (AvgIpc) is 2.54. The van der Waals surface area contributed by atoms with Crippen molar-refractivity contribution < 1.29 is 4.79 Å². The summed E-state index contributed by atoms with van der Waals surface area (Å²) in [7, 11) is 4.24. The van der Waals surface area contributed by atoms with Gasteiger partial charge in [0.05, 0.1) is 0 Å². The molecule has 1 aliphatic carbocycles. The van der Waals surface area contributed by atoms with Crippen LogP contribution in [-0.2, 0) is 0 Å². The Kier molecular flexibility index (Phi) is 5.97. The van der Waals surface area contributed by atoms with E-state index in [0.29, 0.717) is 29.1 Å². The molecule has 1 aliphatic rings. The molecule has 0 amide bonds. The van der Waals surface area contributed by atoms with Crippen molar-refractivity contribution in [2.45, 2.75) is 37.8 Å². The van der Waals surface area contributed by atoms with E-state index in [9.17, 15) is 4.79 Å². The molecule has 2 rings (SSSR count). The van der Waals surface area contributed by atoms with Crippen LogP contribution in [0.15, 0.2) is 30.8 Å². The molecule has 0 radical (unpaired) electrons. The Morgan fingerprint density at radius 2 is 1.87 bits per heavy atom. The highest BCUT2D eigenvalue weighted by Crippen LogP contribution is 2.23. The maximum atomic E-state index is 11.3. The van der Waals surface area contributed by atoms with E-state index in [4.69, 9.17) is 17.0 Å². The van der Waals surface area contributed by atoms with Crippen LogP contribution in [0.2, 0.25) is 0 Å². The third kappa shape index (κ3) is 4.66. The number of halogens is 1. The zero-order chi connectivity index (χ0) is 17.0. The molecule has 23 heavy (non-hydrogen) atoms. The van der Waals surface area contributed by atoms with Gasteiger partial charge in [0.1, 0.15) is 5.84 Å². The van der Waals surface area contributed by atoms with Crippen molar-refractivity contribution >= 4 is 28.3 Å². The molecule has 1 fully saturated rings. The van der Waals surface area contributed by atoms with E-state index in [1.807, 2.05) is 6.07 Å². The van der Waals surface area contributed by atoms with Gasteiger partial charge in [-0.2, -0.15) is 0 Å². The zero-order valence-electron chi connectivity index (χ0n) is 13.7. The molecule has 2 N–H and O–H groups in total. The number of hydrogen-bond acceptors (Lipinski definition) is 3. The lowest BCUT2D eigenvalue weighted by Gasteiger charge is -2.33. The highest BCUT2D eigenvalue weighted by atomic mass is 35.5. The Morgan fingerprint density at radius 1 is 1.26 bits per heavy atom. The van der Waals surface area contributed by atoms with Crippen LogP contribution in [-0.4, -0.2) is 42.2 Å². The lowest BCUT2D eigenvalue weighted by molar-refractivity contribution is 0.108. The van der Waals surface area contributed by atoms with Gasteiger partial charge in [0.25, 0.3) is 5.24 Å². The van der Waals surface area contributed by atoms with Gasteiger partial charge >= 0.3 is 0 Å². The molecule has 0 atom stereocenters. The first kappa shape index (κ1) is 17.7. The summed E-state index contributed by atoms with van der Waals surface area (Å²) < 4.78 is 0. The van der Waals surface area contributed by atoms with Crippen molar-refractivity contribution in [3.63, 3.8) is 0 Å². The maximum absolute atomic E-state index is 11.3. The summed E-state index contributed by atoms with van der Waals surface area (Å²) in [6, 6.07) is 7.88. The fourth-order valence-corrected chi connectivity index (χ4v) is 3.12. The number of amidine groups is 1. The van der Waals surface area contributed by atoms with Crippen LogP contribution in [0.1, 0.15) is 41.6 Å². The second-order valence-corrected chi connectivity index (χ2v) is 6.66. The van der Waals surface area contributed by atoms with E-state index in [1.54, 1.807) is 18.2 Å². The fourth-order valence-electron chi connectivity index (χ4n) is 3.00. The second-order valence-electron chi connectivity index (χ2n) is 6.32. The first-order valence-electron chi connectivity index (χ1n) is 7.89. The lowest BCUT2D eigenvalue weighted by atomic mass is 9.90. The molecule has 0 spiro atoms. The predicted octanol–water partition coefficient (Wildman–Crippen LogP) is 3.52. The summed E-state index contributed by atoms with van der Waals surface area (Å²) >= 11 is 5.51. The molecule has 0 unspecified atom stereocenters. The van der Waals surface area contributed by atoms with Crippen LogP contribution < -0.4 is 5.32 Å². The molecule has 0 saturated heterocycles. The van der Waals surface area contributed by atoms with Crippen LogP contribution >= 0.6 is 11.6 Å². The van der Waals surface area contributed by atoms with E-state index in [1.165, 1.54) is 0 Å². The van der Waals surface area contributed by atoms with Gasteiger partial charge in [0, 0.05) is 23.2 Å². The van der Waals surface area contributed by atoms with Gasteiger partial charge in [0.15, 0.2) is 0 Å². The normalized spacial score (nSPS) is 21.0.